The zero-order chi connectivity index (χ0) is 14.1. The zero-order valence-electron chi connectivity index (χ0n) is 11.1. The van der Waals surface area contributed by atoms with Crippen LogP contribution in [-0.4, -0.2) is 17.9 Å². The minimum Gasteiger partial charge on any atom is -0.366 e. The fourth-order valence-electron chi connectivity index (χ4n) is 2.31. The second-order valence-corrected chi connectivity index (χ2v) is 5.72. The maximum atomic E-state index is 11.6. The molecule has 1 N–H and O–H groups in total. The number of pyridine rings is 1. The van der Waals surface area contributed by atoms with Crippen molar-refractivity contribution in [2.75, 3.05) is 17.3 Å². The molecule has 2 heterocycles. The van der Waals surface area contributed by atoms with Crippen LogP contribution in [0.2, 0.25) is 0 Å². The first-order valence-corrected chi connectivity index (χ1v) is 7.16. The number of anilines is 2. The lowest BCUT2D eigenvalue weighted by Crippen LogP contribution is -2.20. The van der Waals surface area contributed by atoms with Crippen molar-refractivity contribution in [1.29, 1.82) is 0 Å². The predicted octanol–water partition coefficient (Wildman–Crippen LogP) is 2.98. The second kappa shape index (κ2) is 5.25. The van der Waals surface area contributed by atoms with Crippen LogP contribution < -0.4 is 10.2 Å². The van der Waals surface area contributed by atoms with Crippen LogP contribution in [0.3, 0.4) is 0 Å². The van der Waals surface area contributed by atoms with Gasteiger partial charge in [-0.3, -0.25) is 4.79 Å². The standard InChI is InChI=1S/C15H14BrN3O/c1-19-13-4-2-10(6-11(13)7-15(19)20)8-17-14-5-3-12(16)9-18-14/h2-6,9H,7-8H2,1H3,(H,17,18). The van der Waals surface area contributed by atoms with Crippen molar-refractivity contribution in [1.82, 2.24) is 4.98 Å². The van der Waals surface area contributed by atoms with Crippen molar-refractivity contribution >= 4 is 33.3 Å². The molecule has 0 atom stereocenters. The minimum atomic E-state index is 0.152. The number of hydrogen-bond acceptors (Lipinski definition) is 3. The zero-order valence-corrected chi connectivity index (χ0v) is 12.6. The average molecular weight is 332 g/mol. The molecule has 2 aromatic rings. The second-order valence-electron chi connectivity index (χ2n) is 4.81. The predicted molar refractivity (Wildman–Crippen MR) is 82.8 cm³/mol. The monoisotopic (exact) mass is 331 g/mol. The summed E-state index contributed by atoms with van der Waals surface area (Å²) in [6.07, 6.45) is 2.26. The van der Waals surface area contributed by atoms with Gasteiger partial charge in [0.25, 0.3) is 0 Å². The lowest BCUT2D eigenvalue weighted by Gasteiger charge is -2.11. The summed E-state index contributed by atoms with van der Waals surface area (Å²) in [4.78, 5) is 17.6. The normalized spacial score (nSPS) is 13.5. The van der Waals surface area contributed by atoms with Gasteiger partial charge in [0.1, 0.15) is 5.82 Å². The number of fused-ring (bicyclic) bond motifs is 1. The molecule has 1 aliphatic heterocycles. The number of benzene rings is 1. The molecule has 0 fully saturated rings. The van der Waals surface area contributed by atoms with Crippen LogP contribution in [0.5, 0.6) is 0 Å². The van der Waals surface area contributed by atoms with E-state index >= 15 is 0 Å². The van der Waals surface area contributed by atoms with Crippen LogP contribution in [0.25, 0.3) is 0 Å². The number of amides is 1. The molecule has 1 aliphatic rings. The lowest BCUT2D eigenvalue weighted by molar-refractivity contribution is -0.117. The first kappa shape index (κ1) is 13.1. The topological polar surface area (TPSA) is 45.2 Å². The minimum absolute atomic E-state index is 0.152. The number of nitrogens with zero attached hydrogens (tertiary/aromatic N) is 2. The van der Waals surface area contributed by atoms with Crippen molar-refractivity contribution in [2.45, 2.75) is 13.0 Å². The summed E-state index contributed by atoms with van der Waals surface area (Å²) in [7, 11) is 1.82. The summed E-state index contributed by atoms with van der Waals surface area (Å²) in [6.45, 7) is 0.694. The Morgan fingerprint density at radius 3 is 2.95 bits per heavy atom. The first-order chi connectivity index (χ1) is 9.63. The Bertz CT molecular complexity index is 655. The summed E-state index contributed by atoms with van der Waals surface area (Å²) in [5.74, 6) is 0.988. The van der Waals surface area contributed by atoms with Gasteiger partial charge in [-0.15, -0.1) is 0 Å². The van der Waals surface area contributed by atoms with Crippen molar-refractivity contribution in [3.05, 3.63) is 52.1 Å². The number of likely N-dealkylation sites (N-methyl/N-ethyl adjacent to an activating group) is 1. The third-order valence-corrected chi connectivity index (χ3v) is 3.89. The van der Waals surface area contributed by atoms with E-state index < -0.39 is 0 Å². The number of carbonyl (C=O) groups excluding carboxylic acids is 1. The molecule has 1 aromatic heterocycles. The van der Waals surface area contributed by atoms with Crippen LogP contribution in [-0.2, 0) is 17.8 Å². The molecule has 0 aliphatic carbocycles. The SMILES string of the molecule is CN1C(=O)Cc2cc(CNc3ccc(Br)cn3)ccc21. The van der Waals surface area contributed by atoms with Gasteiger partial charge >= 0.3 is 0 Å². The van der Waals surface area contributed by atoms with E-state index in [9.17, 15) is 4.79 Å². The molecule has 3 rings (SSSR count). The maximum Gasteiger partial charge on any atom is 0.231 e. The van der Waals surface area contributed by atoms with Crippen molar-refractivity contribution in [3.63, 3.8) is 0 Å². The Hall–Kier alpha value is -1.88. The van der Waals surface area contributed by atoms with Gasteiger partial charge < -0.3 is 10.2 Å². The van der Waals surface area contributed by atoms with Crippen molar-refractivity contribution in [2.24, 2.45) is 0 Å². The number of hydrogen-bond donors (Lipinski definition) is 1. The highest BCUT2D eigenvalue weighted by atomic mass is 79.9. The maximum absolute atomic E-state index is 11.6. The van der Waals surface area contributed by atoms with E-state index in [0.717, 1.165) is 27.1 Å². The number of aromatic nitrogens is 1. The number of carbonyl (C=O) groups is 1. The summed E-state index contributed by atoms with van der Waals surface area (Å²) < 4.78 is 0.960. The molecule has 102 valence electrons. The van der Waals surface area contributed by atoms with Gasteiger partial charge in [0.05, 0.1) is 6.42 Å². The average Bonchev–Trinajstić information content (AvgIpc) is 2.73. The van der Waals surface area contributed by atoms with Gasteiger partial charge in [-0.25, -0.2) is 4.98 Å². The van der Waals surface area contributed by atoms with E-state index in [4.69, 9.17) is 0 Å². The molecule has 5 heteroatoms. The Morgan fingerprint density at radius 1 is 1.35 bits per heavy atom. The Kier molecular flexibility index (Phi) is 3.44. The smallest absolute Gasteiger partial charge is 0.231 e. The molecule has 1 amide bonds. The fourth-order valence-corrected chi connectivity index (χ4v) is 2.54. The molecule has 0 radical (unpaired) electrons. The van der Waals surface area contributed by atoms with Gasteiger partial charge in [0.15, 0.2) is 0 Å². The van der Waals surface area contributed by atoms with Crippen LogP contribution in [0.15, 0.2) is 41.0 Å². The molecule has 4 nitrogen and oxygen atoms in total. The number of rotatable bonds is 3. The Balaban J connectivity index is 1.72. The van der Waals surface area contributed by atoms with E-state index in [0.29, 0.717) is 13.0 Å². The lowest BCUT2D eigenvalue weighted by atomic mass is 10.1. The van der Waals surface area contributed by atoms with Crippen LogP contribution in [0, 0.1) is 0 Å². The van der Waals surface area contributed by atoms with Gasteiger partial charge in [0.2, 0.25) is 5.91 Å². The van der Waals surface area contributed by atoms with E-state index in [2.05, 4.69) is 32.3 Å². The fraction of sp³-hybridized carbons (Fsp3) is 0.200. The largest absolute Gasteiger partial charge is 0.366 e. The van der Waals surface area contributed by atoms with E-state index in [1.165, 1.54) is 0 Å². The quantitative estimate of drug-likeness (QED) is 0.940. The first-order valence-electron chi connectivity index (χ1n) is 6.37. The highest BCUT2D eigenvalue weighted by molar-refractivity contribution is 9.10. The van der Waals surface area contributed by atoms with Crippen molar-refractivity contribution in [3.8, 4) is 0 Å². The van der Waals surface area contributed by atoms with E-state index in [-0.39, 0.29) is 5.91 Å². The third kappa shape index (κ3) is 2.54. The van der Waals surface area contributed by atoms with Gasteiger partial charge in [-0.05, 0) is 45.3 Å². The van der Waals surface area contributed by atoms with Crippen LogP contribution >= 0.6 is 15.9 Å². The Labute approximate surface area is 126 Å². The van der Waals surface area contributed by atoms with Gasteiger partial charge in [-0.1, -0.05) is 12.1 Å². The van der Waals surface area contributed by atoms with Crippen LogP contribution in [0.4, 0.5) is 11.5 Å². The molecule has 0 unspecified atom stereocenters. The molecule has 0 saturated carbocycles. The molecule has 20 heavy (non-hydrogen) atoms. The highest BCUT2D eigenvalue weighted by Gasteiger charge is 2.23. The van der Waals surface area contributed by atoms with Gasteiger partial charge in [0, 0.05) is 29.9 Å². The summed E-state index contributed by atoms with van der Waals surface area (Å²) in [5, 5.41) is 3.27. The van der Waals surface area contributed by atoms with E-state index in [1.807, 2.05) is 31.3 Å². The van der Waals surface area contributed by atoms with Crippen LogP contribution in [0.1, 0.15) is 11.1 Å². The molecule has 1 aromatic carbocycles. The summed E-state index contributed by atoms with van der Waals surface area (Å²) >= 11 is 3.36. The molecule has 0 saturated heterocycles. The third-order valence-electron chi connectivity index (χ3n) is 3.42. The summed E-state index contributed by atoms with van der Waals surface area (Å²) in [5.41, 5.74) is 3.26. The molecular weight excluding hydrogens is 318 g/mol. The van der Waals surface area contributed by atoms with Gasteiger partial charge in [-0.2, -0.15) is 0 Å². The Morgan fingerprint density at radius 2 is 2.20 bits per heavy atom. The summed E-state index contributed by atoms with van der Waals surface area (Å²) in [6, 6.07) is 10.0. The molecule has 0 bridgehead atoms. The highest BCUT2D eigenvalue weighted by Crippen LogP contribution is 2.28. The van der Waals surface area contributed by atoms with Crippen molar-refractivity contribution < 1.29 is 4.79 Å². The number of halogens is 1. The van der Waals surface area contributed by atoms with E-state index in [1.54, 1.807) is 11.1 Å². The number of nitrogens with one attached hydrogen (secondary N) is 1. The molecular formula is C15H14BrN3O. The molecule has 0 spiro atoms.